The Balaban J connectivity index is 1.41. The maximum atomic E-state index is 4.57. The van der Waals surface area contributed by atoms with Crippen molar-refractivity contribution in [2.75, 3.05) is 5.75 Å². The molecule has 9 rings (SSSR count). The van der Waals surface area contributed by atoms with E-state index in [1.54, 1.807) is 0 Å². The van der Waals surface area contributed by atoms with Gasteiger partial charge in [-0.1, -0.05) is 159 Å². The van der Waals surface area contributed by atoms with Gasteiger partial charge in [0.2, 0.25) is 0 Å². The van der Waals surface area contributed by atoms with Gasteiger partial charge >= 0.3 is 0 Å². The molecule has 9 aromatic rings. The third kappa shape index (κ3) is 4.96. The molecule has 0 aliphatic rings. The standard InChI is InChI=1S/C49H38S/c1-4-32-21-25-44-46(29-32)49(43-28-27-42(40-18-10-11-19-41(40)43)39-20-12-16-34-14-8-9-17-38(34)39)45-26-24-37(50(3)5-2)31-47(45)48(44)36-23-22-33-13-6-7-15-35(33)30-36/h6-31H,3-5H2,1-2H3. The number of aryl methyl sites for hydroxylation is 1. The maximum Gasteiger partial charge on any atom is 0.00176 e. The highest BCUT2D eigenvalue weighted by atomic mass is 32.2. The summed E-state index contributed by atoms with van der Waals surface area (Å²) in [7, 11) is -0.0815. The van der Waals surface area contributed by atoms with Crippen LogP contribution in [-0.4, -0.2) is 11.6 Å². The van der Waals surface area contributed by atoms with Crippen LogP contribution in [0.4, 0.5) is 0 Å². The number of benzene rings is 9. The van der Waals surface area contributed by atoms with E-state index in [9.17, 15) is 0 Å². The Morgan fingerprint density at radius 1 is 0.420 bits per heavy atom. The Morgan fingerprint density at radius 3 is 1.84 bits per heavy atom. The van der Waals surface area contributed by atoms with Crippen molar-refractivity contribution < 1.29 is 0 Å². The van der Waals surface area contributed by atoms with Crippen molar-refractivity contribution in [1.29, 1.82) is 0 Å². The molecule has 0 aliphatic carbocycles. The van der Waals surface area contributed by atoms with Gasteiger partial charge in [0, 0.05) is 4.90 Å². The van der Waals surface area contributed by atoms with Crippen LogP contribution in [0, 0.1) is 0 Å². The first-order chi connectivity index (χ1) is 24.6. The quantitative estimate of drug-likeness (QED) is 0.123. The van der Waals surface area contributed by atoms with Gasteiger partial charge in [-0.3, -0.25) is 0 Å². The van der Waals surface area contributed by atoms with E-state index in [0.717, 1.165) is 12.2 Å². The van der Waals surface area contributed by atoms with Crippen molar-refractivity contribution in [1.82, 2.24) is 0 Å². The minimum atomic E-state index is -0.0815. The molecule has 0 heterocycles. The summed E-state index contributed by atoms with van der Waals surface area (Å²) in [5, 5.41) is 12.8. The van der Waals surface area contributed by atoms with Crippen LogP contribution < -0.4 is 0 Å². The van der Waals surface area contributed by atoms with Gasteiger partial charge in [-0.25, -0.2) is 0 Å². The SMILES string of the molecule is C=S(CC)c1ccc2c(-c3ccc(-c4cccc5ccccc45)c4ccccc34)c3cc(CC)ccc3c(-c3ccc4ccccc4c3)c2c1. The number of rotatable bonds is 6. The Morgan fingerprint density at radius 2 is 1.04 bits per heavy atom. The van der Waals surface area contributed by atoms with Crippen LogP contribution in [0.3, 0.4) is 0 Å². The van der Waals surface area contributed by atoms with Crippen LogP contribution in [0.15, 0.2) is 163 Å². The lowest BCUT2D eigenvalue weighted by Gasteiger charge is -2.21. The second-order valence-corrected chi connectivity index (χ2v) is 15.3. The van der Waals surface area contributed by atoms with Gasteiger partial charge in [0.25, 0.3) is 0 Å². The molecule has 0 radical (unpaired) electrons. The Kier molecular flexibility index (Phi) is 7.60. The summed E-state index contributed by atoms with van der Waals surface area (Å²) < 4.78 is 0. The van der Waals surface area contributed by atoms with Crippen molar-refractivity contribution in [3.8, 4) is 33.4 Å². The Bertz CT molecular complexity index is 2800. The lowest BCUT2D eigenvalue weighted by atomic mass is 9.82. The molecule has 9 aromatic carbocycles. The summed E-state index contributed by atoms with van der Waals surface area (Å²) in [5.41, 5.74) is 9.02. The lowest BCUT2D eigenvalue weighted by Crippen LogP contribution is -1.94. The first-order valence-corrected chi connectivity index (χ1v) is 19.2. The lowest BCUT2D eigenvalue weighted by molar-refractivity contribution is 1.15. The third-order valence-corrected chi connectivity index (χ3v) is 12.2. The largest absolute Gasteiger partial charge is 0.162 e. The summed E-state index contributed by atoms with van der Waals surface area (Å²) >= 11 is 0. The van der Waals surface area contributed by atoms with E-state index in [2.05, 4.69) is 177 Å². The summed E-state index contributed by atoms with van der Waals surface area (Å²) in [6, 6.07) is 59.1. The van der Waals surface area contributed by atoms with Crippen LogP contribution in [0.25, 0.3) is 87.2 Å². The highest BCUT2D eigenvalue weighted by molar-refractivity contribution is 8.14. The summed E-state index contributed by atoms with van der Waals surface area (Å²) in [6.45, 7) is 4.50. The molecular formula is C49H38S. The number of fused-ring (bicyclic) bond motifs is 5. The normalized spacial score (nSPS) is 12.4. The summed E-state index contributed by atoms with van der Waals surface area (Å²) in [5.74, 6) is 5.60. The van der Waals surface area contributed by atoms with Crippen LogP contribution >= 0.6 is 10.5 Å². The minimum absolute atomic E-state index is 0.0815. The average Bonchev–Trinajstić information content (AvgIpc) is 3.18. The molecule has 0 nitrogen and oxygen atoms in total. The van der Waals surface area contributed by atoms with Crippen molar-refractivity contribution in [3.63, 3.8) is 0 Å². The molecule has 0 N–H and O–H groups in total. The third-order valence-electron chi connectivity index (χ3n) is 10.6. The fourth-order valence-electron chi connectivity index (χ4n) is 7.98. The fraction of sp³-hybridized carbons (Fsp3) is 0.0816. The molecule has 0 saturated carbocycles. The van der Waals surface area contributed by atoms with Crippen LogP contribution in [0.2, 0.25) is 0 Å². The zero-order chi connectivity index (χ0) is 33.8. The minimum Gasteiger partial charge on any atom is -0.162 e. The molecule has 0 spiro atoms. The maximum absolute atomic E-state index is 4.57. The van der Waals surface area contributed by atoms with E-state index in [0.29, 0.717) is 0 Å². The second kappa shape index (κ2) is 12.4. The van der Waals surface area contributed by atoms with Crippen molar-refractivity contribution in [3.05, 3.63) is 163 Å². The van der Waals surface area contributed by atoms with Gasteiger partial charge < -0.3 is 0 Å². The predicted octanol–water partition coefficient (Wildman–Crippen LogP) is 14.1. The van der Waals surface area contributed by atoms with E-state index in [-0.39, 0.29) is 10.5 Å². The molecular weight excluding hydrogens is 621 g/mol. The zero-order valence-corrected chi connectivity index (χ0v) is 29.4. The molecule has 50 heavy (non-hydrogen) atoms. The molecule has 240 valence electrons. The Labute approximate surface area is 296 Å². The van der Waals surface area contributed by atoms with Crippen LogP contribution in [0.1, 0.15) is 19.4 Å². The topological polar surface area (TPSA) is 0 Å². The van der Waals surface area contributed by atoms with Gasteiger partial charge in [-0.05, 0) is 123 Å². The first kappa shape index (κ1) is 30.6. The monoisotopic (exact) mass is 658 g/mol. The second-order valence-electron chi connectivity index (χ2n) is 13.3. The van der Waals surface area contributed by atoms with Gasteiger partial charge in [-0.2, -0.15) is 10.5 Å². The van der Waals surface area contributed by atoms with E-state index in [4.69, 9.17) is 0 Å². The molecule has 0 fully saturated rings. The zero-order valence-electron chi connectivity index (χ0n) is 28.5. The molecule has 0 aliphatic heterocycles. The fourth-order valence-corrected chi connectivity index (χ4v) is 8.86. The molecule has 0 saturated heterocycles. The van der Waals surface area contributed by atoms with Crippen molar-refractivity contribution in [2.24, 2.45) is 0 Å². The van der Waals surface area contributed by atoms with Gasteiger partial charge in [0.05, 0.1) is 0 Å². The molecule has 0 aromatic heterocycles. The van der Waals surface area contributed by atoms with E-state index in [1.165, 1.54) is 97.7 Å². The van der Waals surface area contributed by atoms with Crippen molar-refractivity contribution in [2.45, 2.75) is 25.2 Å². The van der Waals surface area contributed by atoms with E-state index in [1.807, 2.05) is 0 Å². The molecule has 1 atom stereocenters. The number of hydrogen-bond donors (Lipinski definition) is 0. The smallest absolute Gasteiger partial charge is 0.00176 e. The summed E-state index contributed by atoms with van der Waals surface area (Å²) in [6.07, 6.45) is 0.985. The Hall–Kier alpha value is -5.50. The average molecular weight is 659 g/mol. The number of hydrogen-bond acceptors (Lipinski definition) is 0. The summed E-state index contributed by atoms with van der Waals surface area (Å²) in [4.78, 5) is 1.31. The highest BCUT2D eigenvalue weighted by Crippen LogP contribution is 2.48. The first-order valence-electron chi connectivity index (χ1n) is 17.7. The van der Waals surface area contributed by atoms with Crippen molar-refractivity contribution >= 4 is 70.2 Å². The van der Waals surface area contributed by atoms with E-state index >= 15 is 0 Å². The van der Waals surface area contributed by atoms with E-state index < -0.39 is 0 Å². The predicted molar refractivity (Wildman–Crippen MR) is 223 cm³/mol. The van der Waals surface area contributed by atoms with Crippen LogP contribution in [-0.2, 0) is 6.42 Å². The van der Waals surface area contributed by atoms with Gasteiger partial charge in [-0.15, -0.1) is 0 Å². The highest BCUT2D eigenvalue weighted by Gasteiger charge is 2.21. The molecule has 0 bridgehead atoms. The van der Waals surface area contributed by atoms with Gasteiger partial charge in [0.1, 0.15) is 0 Å². The van der Waals surface area contributed by atoms with Crippen LogP contribution in [0.5, 0.6) is 0 Å². The van der Waals surface area contributed by atoms with Gasteiger partial charge in [0.15, 0.2) is 0 Å². The molecule has 0 amide bonds. The molecule has 1 unspecified atom stereocenters. The molecule has 1 heteroatoms.